The van der Waals surface area contributed by atoms with Crippen LogP contribution in [0.4, 0.5) is 0 Å². The second-order valence-electron chi connectivity index (χ2n) is 3.86. The van der Waals surface area contributed by atoms with Crippen LogP contribution in [-0.2, 0) is 6.54 Å². The number of primary amides is 1. The molecule has 0 aromatic heterocycles. The number of carbonyl (C=O) groups is 1. The molecule has 5 nitrogen and oxygen atoms in total. The summed E-state index contributed by atoms with van der Waals surface area (Å²) in [5.74, 6) is -0.00760. The number of ether oxygens (including phenoxy) is 1. The van der Waals surface area contributed by atoms with E-state index >= 15 is 0 Å². The molecule has 1 aromatic carbocycles. The van der Waals surface area contributed by atoms with Gasteiger partial charge in [-0.3, -0.25) is 4.79 Å². The number of hydrogen-bond donors (Lipinski definition) is 3. The average Bonchev–Trinajstić information content (AvgIpc) is 2.38. The molecule has 1 aromatic rings. The average molecular weight is 222 g/mol. The molecule has 0 aliphatic carbocycles. The summed E-state index contributed by atoms with van der Waals surface area (Å²) < 4.78 is 5.35. The lowest BCUT2D eigenvalue weighted by atomic mass is 10.1. The molecule has 0 saturated heterocycles. The van der Waals surface area contributed by atoms with Gasteiger partial charge in [0.25, 0.3) is 0 Å². The number of aliphatic hydroxyl groups is 1. The SMILES string of the molecule is CC1NCc2ccc(C(N)=O)cc2OC1O. The van der Waals surface area contributed by atoms with E-state index in [9.17, 15) is 9.90 Å². The minimum atomic E-state index is -0.927. The fraction of sp³-hybridized carbons (Fsp3) is 0.364. The van der Waals surface area contributed by atoms with Gasteiger partial charge in [0.2, 0.25) is 12.2 Å². The molecule has 2 unspecified atom stereocenters. The second-order valence-corrected chi connectivity index (χ2v) is 3.86. The van der Waals surface area contributed by atoms with Gasteiger partial charge in [-0.05, 0) is 19.1 Å². The first-order chi connectivity index (χ1) is 7.58. The van der Waals surface area contributed by atoms with Crippen molar-refractivity contribution in [2.75, 3.05) is 0 Å². The number of aliphatic hydroxyl groups excluding tert-OH is 1. The van der Waals surface area contributed by atoms with Crippen molar-refractivity contribution in [1.82, 2.24) is 5.32 Å². The molecule has 0 spiro atoms. The lowest BCUT2D eigenvalue weighted by Crippen LogP contribution is -2.38. The summed E-state index contributed by atoms with van der Waals surface area (Å²) in [5, 5.41) is 12.7. The molecule has 1 aliphatic rings. The minimum absolute atomic E-state index is 0.163. The summed E-state index contributed by atoms with van der Waals surface area (Å²) in [7, 11) is 0. The Bertz CT molecular complexity index is 420. The van der Waals surface area contributed by atoms with Gasteiger partial charge in [0.1, 0.15) is 5.75 Å². The Balaban J connectivity index is 2.36. The molecule has 2 atom stereocenters. The fourth-order valence-electron chi connectivity index (χ4n) is 1.57. The van der Waals surface area contributed by atoms with E-state index in [1.54, 1.807) is 18.2 Å². The standard InChI is InChI=1S/C11H14N2O3/c1-6-11(15)16-9-4-7(10(12)14)2-3-8(9)5-13-6/h2-4,6,11,13,15H,5H2,1H3,(H2,12,14). The summed E-state index contributed by atoms with van der Waals surface area (Å²) in [5.41, 5.74) is 6.45. The maximum atomic E-state index is 11.0. The topological polar surface area (TPSA) is 84.6 Å². The van der Waals surface area contributed by atoms with Gasteiger partial charge in [0.15, 0.2) is 0 Å². The van der Waals surface area contributed by atoms with Crippen LogP contribution >= 0.6 is 0 Å². The first-order valence-electron chi connectivity index (χ1n) is 5.09. The summed E-state index contributed by atoms with van der Waals surface area (Å²) in [6.45, 7) is 2.41. The Kier molecular flexibility index (Phi) is 2.80. The monoisotopic (exact) mass is 222 g/mol. The zero-order chi connectivity index (χ0) is 11.7. The predicted octanol–water partition coefficient (Wildman–Crippen LogP) is -0.0256. The molecule has 1 heterocycles. The van der Waals surface area contributed by atoms with Gasteiger partial charge in [0.05, 0.1) is 6.04 Å². The van der Waals surface area contributed by atoms with Gasteiger partial charge >= 0.3 is 0 Å². The maximum absolute atomic E-state index is 11.0. The van der Waals surface area contributed by atoms with Crippen LogP contribution in [0.1, 0.15) is 22.8 Å². The smallest absolute Gasteiger partial charge is 0.248 e. The van der Waals surface area contributed by atoms with Gasteiger partial charge in [-0.2, -0.15) is 0 Å². The van der Waals surface area contributed by atoms with Crippen molar-refractivity contribution in [3.8, 4) is 5.75 Å². The van der Waals surface area contributed by atoms with Gasteiger partial charge in [-0.1, -0.05) is 6.07 Å². The van der Waals surface area contributed by atoms with Crippen molar-refractivity contribution >= 4 is 5.91 Å². The van der Waals surface area contributed by atoms with Crippen LogP contribution in [-0.4, -0.2) is 23.3 Å². The number of fused-ring (bicyclic) bond motifs is 1. The van der Waals surface area contributed by atoms with E-state index in [1.807, 2.05) is 6.92 Å². The molecule has 16 heavy (non-hydrogen) atoms. The van der Waals surface area contributed by atoms with E-state index in [4.69, 9.17) is 10.5 Å². The van der Waals surface area contributed by atoms with Crippen molar-refractivity contribution in [3.63, 3.8) is 0 Å². The molecule has 1 amide bonds. The number of hydrogen-bond acceptors (Lipinski definition) is 4. The lowest BCUT2D eigenvalue weighted by molar-refractivity contribution is -0.0368. The summed E-state index contributed by atoms with van der Waals surface area (Å²) >= 11 is 0. The number of nitrogens with one attached hydrogen (secondary N) is 1. The predicted molar refractivity (Wildman–Crippen MR) is 57.9 cm³/mol. The number of carbonyl (C=O) groups excluding carboxylic acids is 1. The quantitative estimate of drug-likeness (QED) is 0.623. The Morgan fingerprint density at radius 3 is 3.06 bits per heavy atom. The highest BCUT2D eigenvalue weighted by Crippen LogP contribution is 2.24. The summed E-state index contributed by atoms with van der Waals surface area (Å²) in [6.07, 6.45) is -0.927. The molecule has 2 rings (SSSR count). The highest BCUT2D eigenvalue weighted by molar-refractivity contribution is 5.93. The van der Waals surface area contributed by atoms with Crippen molar-refractivity contribution in [2.45, 2.75) is 25.8 Å². The zero-order valence-corrected chi connectivity index (χ0v) is 8.93. The van der Waals surface area contributed by atoms with E-state index in [2.05, 4.69) is 5.32 Å². The van der Waals surface area contributed by atoms with Gasteiger partial charge in [0, 0.05) is 17.7 Å². The molecule has 0 fully saturated rings. The molecular weight excluding hydrogens is 208 g/mol. The third kappa shape index (κ3) is 2.00. The minimum Gasteiger partial charge on any atom is -0.463 e. The molecule has 86 valence electrons. The van der Waals surface area contributed by atoms with Crippen LogP contribution in [0.5, 0.6) is 5.75 Å². The third-order valence-corrected chi connectivity index (χ3v) is 2.64. The summed E-state index contributed by atoms with van der Waals surface area (Å²) in [6, 6.07) is 4.81. The second kappa shape index (κ2) is 4.11. The first-order valence-corrected chi connectivity index (χ1v) is 5.09. The highest BCUT2D eigenvalue weighted by Gasteiger charge is 2.21. The number of benzene rings is 1. The van der Waals surface area contributed by atoms with Crippen LogP contribution in [0.15, 0.2) is 18.2 Å². The normalized spacial score (nSPS) is 24.1. The van der Waals surface area contributed by atoms with E-state index in [1.165, 1.54) is 0 Å². The lowest BCUT2D eigenvalue weighted by Gasteiger charge is -2.16. The van der Waals surface area contributed by atoms with E-state index in [-0.39, 0.29) is 6.04 Å². The van der Waals surface area contributed by atoms with Crippen molar-refractivity contribution in [1.29, 1.82) is 0 Å². The molecule has 0 saturated carbocycles. The molecule has 5 heteroatoms. The number of nitrogens with two attached hydrogens (primary N) is 1. The molecule has 0 bridgehead atoms. The molecule has 0 radical (unpaired) electrons. The molecule has 4 N–H and O–H groups in total. The Hall–Kier alpha value is -1.59. The first kappa shape index (κ1) is 10.9. The van der Waals surface area contributed by atoms with E-state index < -0.39 is 12.2 Å². The number of amides is 1. The Morgan fingerprint density at radius 1 is 1.62 bits per heavy atom. The maximum Gasteiger partial charge on any atom is 0.248 e. The van der Waals surface area contributed by atoms with Crippen LogP contribution in [0.2, 0.25) is 0 Å². The third-order valence-electron chi connectivity index (χ3n) is 2.64. The van der Waals surface area contributed by atoms with Crippen molar-refractivity contribution in [3.05, 3.63) is 29.3 Å². The zero-order valence-electron chi connectivity index (χ0n) is 8.93. The van der Waals surface area contributed by atoms with Crippen LogP contribution in [0.25, 0.3) is 0 Å². The summed E-state index contributed by atoms with van der Waals surface area (Å²) in [4.78, 5) is 11.0. The highest BCUT2D eigenvalue weighted by atomic mass is 16.6. The molecular formula is C11H14N2O3. The Labute approximate surface area is 93.2 Å². The van der Waals surface area contributed by atoms with E-state index in [0.717, 1.165) is 5.56 Å². The van der Waals surface area contributed by atoms with Crippen LogP contribution in [0.3, 0.4) is 0 Å². The fourth-order valence-corrected chi connectivity index (χ4v) is 1.57. The van der Waals surface area contributed by atoms with Gasteiger partial charge in [-0.15, -0.1) is 0 Å². The largest absolute Gasteiger partial charge is 0.463 e. The van der Waals surface area contributed by atoms with Gasteiger partial charge in [-0.25, -0.2) is 0 Å². The van der Waals surface area contributed by atoms with E-state index in [0.29, 0.717) is 17.9 Å². The Morgan fingerprint density at radius 2 is 2.38 bits per heavy atom. The van der Waals surface area contributed by atoms with Crippen LogP contribution < -0.4 is 15.8 Å². The molecule has 1 aliphatic heterocycles. The van der Waals surface area contributed by atoms with Gasteiger partial charge < -0.3 is 20.9 Å². The van der Waals surface area contributed by atoms with Crippen molar-refractivity contribution < 1.29 is 14.6 Å². The van der Waals surface area contributed by atoms with Crippen molar-refractivity contribution in [2.24, 2.45) is 5.73 Å². The van der Waals surface area contributed by atoms with Crippen LogP contribution in [0, 0.1) is 0 Å². The number of rotatable bonds is 1.